The van der Waals surface area contributed by atoms with E-state index in [2.05, 4.69) is 44.8 Å². The summed E-state index contributed by atoms with van der Waals surface area (Å²) in [6, 6.07) is 2.48. The molecule has 0 saturated carbocycles. The van der Waals surface area contributed by atoms with E-state index in [0.717, 1.165) is 35.1 Å². The quantitative estimate of drug-likeness (QED) is 0.770. The number of rotatable bonds is 5. The Morgan fingerprint density at radius 1 is 1.30 bits per heavy atom. The lowest BCUT2D eigenvalue weighted by atomic mass is 10.1. The van der Waals surface area contributed by atoms with Crippen LogP contribution in [0.2, 0.25) is 0 Å². The van der Waals surface area contributed by atoms with E-state index in [-0.39, 0.29) is 0 Å². The van der Waals surface area contributed by atoms with E-state index in [9.17, 15) is 0 Å². The fraction of sp³-hybridized carbons (Fsp3) is 0.400. The van der Waals surface area contributed by atoms with Gasteiger partial charge in [-0.2, -0.15) is 5.10 Å². The Hall–Kier alpha value is -2.17. The average molecular weight is 269 g/mol. The van der Waals surface area contributed by atoms with Gasteiger partial charge in [0, 0.05) is 23.3 Å². The molecule has 0 radical (unpaired) electrons. The van der Waals surface area contributed by atoms with Crippen LogP contribution in [0.25, 0.3) is 22.3 Å². The van der Waals surface area contributed by atoms with Crippen molar-refractivity contribution in [3.8, 4) is 11.3 Å². The molecule has 0 spiro atoms. The molecule has 3 aromatic heterocycles. The highest BCUT2D eigenvalue weighted by atomic mass is 15.3. The lowest BCUT2D eigenvalue weighted by Crippen LogP contribution is -2.07. The van der Waals surface area contributed by atoms with Crippen molar-refractivity contribution < 1.29 is 0 Å². The molecule has 1 unspecified atom stereocenters. The minimum absolute atomic E-state index is 0.470. The minimum Gasteiger partial charge on any atom is -0.346 e. The molecule has 1 atom stereocenters. The molecular formula is C15H19N5. The molecule has 0 aliphatic heterocycles. The first-order chi connectivity index (χ1) is 9.83. The number of fused-ring (bicyclic) bond motifs is 1. The van der Waals surface area contributed by atoms with Crippen molar-refractivity contribution in [2.24, 2.45) is 0 Å². The molecule has 104 valence electrons. The second-order valence-corrected chi connectivity index (χ2v) is 5.02. The van der Waals surface area contributed by atoms with Crippen LogP contribution < -0.4 is 0 Å². The zero-order valence-corrected chi connectivity index (χ0v) is 11.9. The standard InChI is InChI=1S/C15H19N5/c1-3-5-12(4-2)20-9-11(8-19-20)14-13-6-7-16-15(13)18-10-17-14/h6-10,12H,3-5H2,1-2H3,(H,16,17,18). The average Bonchev–Trinajstić information content (AvgIpc) is 3.12. The first-order valence-electron chi connectivity index (χ1n) is 7.16. The minimum atomic E-state index is 0.470. The summed E-state index contributed by atoms with van der Waals surface area (Å²) in [5, 5.41) is 5.56. The van der Waals surface area contributed by atoms with Gasteiger partial charge in [0.15, 0.2) is 0 Å². The Balaban J connectivity index is 1.99. The Kier molecular flexibility index (Phi) is 3.50. The molecule has 0 bridgehead atoms. The summed E-state index contributed by atoms with van der Waals surface area (Å²) in [5.74, 6) is 0. The van der Waals surface area contributed by atoms with Crippen LogP contribution in [-0.4, -0.2) is 24.7 Å². The van der Waals surface area contributed by atoms with Crippen LogP contribution in [0.5, 0.6) is 0 Å². The van der Waals surface area contributed by atoms with Crippen LogP contribution in [0.1, 0.15) is 39.2 Å². The Bertz CT molecular complexity index is 697. The van der Waals surface area contributed by atoms with Crippen molar-refractivity contribution >= 4 is 11.0 Å². The normalized spacial score (nSPS) is 12.9. The Morgan fingerprint density at radius 3 is 3.00 bits per heavy atom. The van der Waals surface area contributed by atoms with E-state index in [1.807, 2.05) is 18.5 Å². The van der Waals surface area contributed by atoms with Gasteiger partial charge in [0.05, 0.1) is 17.9 Å². The second-order valence-electron chi connectivity index (χ2n) is 5.02. The van der Waals surface area contributed by atoms with E-state index in [4.69, 9.17) is 0 Å². The van der Waals surface area contributed by atoms with E-state index >= 15 is 0 Å². The molecule has 1 N–H and O–H groups in total. The van der Waals surface area contributed by atoms with Crippen molar-refractivity contribution in [1.29, 1.82) is 0 Å². The summed E-state index contributed by atoms with van der Waals surface area (Å²) < 4.78 is 2.07. The summed E-state index contributed by atoms with van der Waals surface area (Å²) in [5.41, 5.74) is 2.85. The molecule has 3 heterocycles. The molecular weight excluding hydrogens is 250 g/mol. The lowest BCUT2D eigenvalue weighted by molar-refractivity contribution is 0.409. The van der Waals surface area contributed by atoms with Gasteiger partial charge in [0.25, 0.3) is 0 Å². The number of aromatic amines is 1. The molecule has 0 saturated heterocycles. The molecule has 20 heavy (non-hydrogen) atoms. The highest BCUT2D eigenvalue weighted by Crippen LogP contribution is 2.26. The van der Waals surface area contributed by atoms with Crippen LogP contribution in [0.15, 0.2) is 31.0 Å². The molecule has 3 rings (SSSR count). The van der Waals surface area contributed by atoms with Crippen LogP contribution >= 0.6 is 0 Å². The van der Waals surface area contributed by atoms with Gasteiger partial charge in [0.2, 0.25) is 0 Å². The summed E-state index contributed by atoms with van der Waals surface area (Å²) in [6.45, 7) is 4.41. The molecule has 0 aliphatic rings. The largest absolute Gasteiger partial charge is 0.346 e. The van der Waals surface area contributed by atoms with Gasteiger partial charge in [-0.25, -0.2) is 9.97 Å². The molecule has 0 aromatic carbocycles. The third-order valence-electron chi connectivity index (χ3n) is 3.70. The second kappa shape index (κ2) is 5.45. The van der Waals surface area contributed by atoms with E-state index in [1.165, 1.54) is 6.42 Å². The van der Waals surface area contributed by atoms with Crippen LogP contribution in [0, 0.1) is 0 Å². The Labute approximate surface area is 118 Å². The van der Waals surface area contributed by atoms with Gasteiger partial charge in [-0.1, -0.05) is 20.3 Å². The van der Waals surface area contributed by atoms with Crippen molar-refractivity contribution in [2.75, 3.05) is 0 Å². The molecule has 5 nitrogen and oxygen atoms in total. The zero-order valence-electron chi connectivity index (χ0n) is 11.9. The van der Waals surface area contributed by atoms with Gasteiger partial charge in [-0.05, 0) is 18.9 Å². The predicted octanol–water partition coefficient (Wildman–Crippen LogP) is 3.57. The van der Waals surface area contributed by atoms with E-state index < -0.39 is 0 Å². The van der Waals surface area contributed by atoms with Gasteiger partial charge >= 0.3 is 0 Å². The maximum absolute atomic E-state index is 4.52. The number of hydrogen-bond acceptors (Lipinski definition) is 3. The van der Waals surface area contributed by atoms with E-state index in [1.54, 1.807) is 6.33 Å². The van der Waals surface area contributed by atoms with Gasteiger partial charge in [-0.15, -0.1) is 0 Å². The predicted molar refractivity (Wildman–Crippen MR) is 79.3 cm³/mol. The fourth-order valence-electron chi connectivity index (χ4n) is 2.62. The number of H-pyrrole nitrogens is 1. The first-order valence-corrected chi connectivity index (χ1v) is 7.16. The van der Waals surface area contributed by atoms with Gasteiger partial charge in [-0.3, -0.25) is 4.68 Å². The third-order valence-corrected chi connectivity index (χ3v) is 3.70. The van der Waals surface area contributed by atoms with Crippen molar-refractivity contribution in [3.63, 3.8) is 0 Å². The van der Waals surface area contributed by atoms with Crippen molar-refractivity contribution in [2.45, 2.75) is 39.2 Å². The van der Waals surface area contributed by atoms with E-state index in [0.29, 0.717) is 6.04 Å². The van der Waals surface area contributed by atoms with Gasteiger partial charge < -0.3 is 4.98 Å². The number of aromatic nitrogens is 5. The summed E-state index contributed by atoms with van der Waals surface area (Å²) >= 11 is 0. The number of hydrogen-bond donors (Lipinski definition) is 1. The maximum atomic E-state index is 4.52. The highest BCUT2D eigenvalue weighted by molar-refractivity contribution is 5.89. The van der Waals surface area contributed by atoms with Crippen molar-refractivity contribution in [3.05, 3.63) is 31.0 Å². The molecule has 5 heteroatoms. The summed E-state index contributed by atoms with van der Waals surface area (Å²) in [7, 11) is 0. The molecule has 0 aliphatic carbocycles. The highest BCUT2D eigenvalue weighted by Gasteiger charge is 2.13. The number of nitrogens with zero attached hydrogens (tertiary/aromatic N) is 4. The fourth-order valence-corrected chi connectivity index (χ4v) is 2.62. The lowest BCUT2D eigenvalue weighted by Gasteiger charge is -2.13. The topological polar surface area (TPSA) is 59.4 Å². The van der Waals surface area contributed by atoms with Crippen LogP contribution in [0.3, 0.4) is 0 Å². The SMILES string of the molecule is CCCC(CC)n1cc(-c2ncnc3[nH]ccc23)cn1. The monoisotopic (exact) mass is 269 g/mol. The Morgan fingerprint density at radius 2 is 2.20 bits per heavy atom. The third kappa shape index (κ3) is 2.19. The van der Waals surface area contributed by atoms with Crippen LogP contribution in [-0.2, 0) is 0 Å². The first kappa shape index (κ1) is 12.8. The molecule has 0 fully saturated rings. The molecule has 3 aromatic rings. The van der Waals surface area contributed by atoms with Crippen molar-refractivity contribution in [1.82, 2.24) is 24.7 Å². The zero-order chi connectivity index (χ0) is 13.9. The van der Waals surface area contributed by atoms with Gasteiger partial charge in [0.1, 0.15) is 12.0 Å². The smallest absolute Gasteiger partial charge is 0.141 e. The van der Waals surface area contributed by atoms with Crippen LogP contribution in [0.4, 0.5) is 0 Å². The number of nitrogens with one attached hydrogen (secondary N) is 1. The summed E-state index contributed by atoms with van der Waals surface area (Å²) in [4.78, 5) is 11.7. The maximum Gasteiger partial charge on any atom is 0.141 e. The molecule has 0 amide bonds. The summed E-state index contributed by atoms with van der Waals surface area (Å²) in [6.07, 6.45) is 10.9.